The Morgan fingerprint density at radius 2 is 2.26 bits per heavy atom. The quantitative estimate of drug-likeness (QED) is 0.892. The van der Waals surface area contributed by atoms with Gasteiger partial charge in [-0.2, -0.15) is 13.2 Å². The zero-order valence-corrected chi connectivity index (χ0v) is 12.7. The Kier molecular flexibility index (Phi) is 5.16. The minimum atomic E-state index is -4.77. The van der Waals surface area contributed by atoms with E-state index in [2.05, 4.69) is 15.3 Å². The molecule has 0 aromatic carbocycles. The zero-order valence-electron chi connectivity index (χ0n) is 11.9. The van der Waals surface area contributed by atoms with Crippen LogP contribution < -0.4 is 5.32 Å². The Morgan fingerprint density at radius 1 is 1.52 bits per heavy atom. The largest absolute Gasteiger partial charge is 0.416 e. The topological polar surface area (TPSA) is 78.4 Å². The Morgan fingerprint density at radius 3 is 2.87 bits per heavy atom. The van der Waals surface area contributed by atoms with Crippen molar-refractivity contribution >= 4 is 22.5 Å². The van der Waals surface area contributed by atoms with Gasteiger partial charge in [-0.1, -0.05) is 0 Å². The molecule has 2 heterocycles. The average molecular weight is 346 g/mol. The Labute approximate surface area is 133 Å². The third-order valence-electron chi connectivity index (χ3n) is 2.85. The second kappa shape index (κ2) is 6.92. The third kappa shape index (κ3) is 4.63. The highest BCUT2D eigenvalue weighted by Crippen LogP contribution is 2.24. The number of carbonyl (C=O) groups excluding carboxylic acids is 1. The number of aliphatic hydroxyl groups is 1. The van der Waals surface area contributed by atoms with Crippen LogP contribution in [-0.4, -0.2) is 51.9 Å². The van der Waals surface area contributed by atoms with E-state index in [9.17, 15) is 18.0 Å². The molecule has 1 atom stereocenters. The van der Waals surface area contributed by atoms with Gasteiger partial charge in [0, 0.05) is 30.4 Å². The van der Waals surface area contributed by atoms with Gasteiger partial charge in [0.15, 0.2) is 11.2 Å². The van der Waals surface area contributed by atoms with E-state index in [0.29, 0.717) is 5.69 Å². The molecule has 0 saturated heterocycles. The van der Waals surface area contributed by atoms with Gasteiger partial charge >= 0.3 is 12.2 Å². The molecule has 2 amide bonds. The number of hydrogen-bond acceptors (Lipinski definition) is 5. The van der Waals surface area contributed by atoms with Crippen molar-refractivity contribution in [3.8, 4) is 11.3 Å². The highest BCUT2D eigenvalue weighted by molar-refractivity contribution is 7.14. The summed E-state index contributed by atoms with van der Waals surface area (Å²) in [6.07, 6.45) is -4.16. The van der Waals surface area contributed by atoms with Crippen molar-refractivity contribution in [1.29, 1.82) is 0 Å². The summed E-state index contributed by atoms with van der Waals surface area (Å²) in [7, 11) is 1.15. The fourth-order valence-electron chi connectivity index (χ4n) is 1.61. The number of carbonyl (C=O) groups is 1. The first-order valence-electron chi connectivity index (χ1n) is 6.40. The molecule has 0 aliphatic rings. The number of pyridine rings is 1. The number of urea groups is 1. The number of nitrogens with zero attached hydrogens (tertiary/aromatic N) is 3. The maximum atomic E-state index is 12.3. The number of rotatable bonds is 4. The van der Waals surface area contributed by atoms with Crippen molar-refractivity contribution in [3.05, 3.63) is 29.9 Å². The predicted octanol–water partition coefficient (Wildman–Crippen LogP) is 2.59. The number of aliphatic hydroxyl groups excluding tert-OH is 1. The number of alkyl halides is 3. The van der Waals surface area contributed by atoms with Gasteiger partial charge in [-0.05, 0) is 12.1 Å². The molecule has 0 spiro atoms. The number of aromatic nitrogens is 2. The summed E-state index contributed by atoms with van der Waals surface area (Å²) in [5.74, 6) is 0. The van der Waals surface area contributed by atoms with E-state index in [1.54, 1.807) is 29.9 Å². The van der Waals surface area contributed by atoms with E-state index in [4.69, 9.17) is 5.11 Å². The molecule has 0 saturated carbocycles. The molecule has 1 unspecified atom stereocenters. The van der Waals surface area contributed by atoms with Crippen LogP contribution in [0.2, 0.25) is 0 Å². The van der Waals surface area contributed by atoms with Crippen LogP contribution in [0, 0.1) is 0 Å². The molecular formula is C13H13F3N4O2S. The van der Waals surface area contributed by atoms with Crippen molar-refractivity contribution in [3.63, 3.8) is 0 Å². The Hall–Kier alpha value is -2.20. The maximum Gasteiger partial charge on any atom is 0.416 e. The van der Waals surface area contributed by atoms with Gasteiger partial charge in [0.1, 0.15) is 0 Å². The second-order valence-corrected chi connectivity index (χ2v) is 5.51. The van der Waals surface area contributed by atoms with Gasteiger partial charge in [-0.15, -0.1) is 11.3 Å². The number of likely N-dealkylation sites (N-methyl/N-ethyl adjacent to an activating group) is 1. The van der Waals surface area contributed by atoms with Gasteiger partial charge in [0.2, 0.25) is 0 Å². The fourth-order valence-corrected chi connectivity index (χ4v) is 2.32. The highest BCUT2D eigenvalue weighted by atomic mass is 32.1. The van der Waals surface area contributed by atoms with E-state index in [1.807, 2.05) is 0 Å². The van der Waals surface area contributed by atoms with Crippen LogP contribution in [0.1, 0.15) is 0 Å². The summed E-state index contributed by atoms with van der Waals surface area (Å²) < 4.78 is 36.8. The van der Waals surface area contributed by atoms with Gasteiger partial charge < -0.3 is 10.0 Å². The molecule has 0 radical (unpaired) electrons. The number of anilines is 1. The number of thiazole rings is 1. The van der Waals surface area contributed by atoms with Gasteiger partial charge in [0.25, 0.3) is 0 Å². The molecule has 0 aliphatic heterocycles. The Bertz CT molecular complexity index is 663. The minimum absolute atomic E-state index is 0.238. The number of hydrogen-bond donors (Lipinski definition) is 2. The summed E-state index contributed by atoms with van der Waals surface area (Å²) in [6.45, 7) is -0.865. The van der Waals surface area contributed by atoms with Crippen molar-refractivity contribution in [2.45, 2.75) is 12.3 Å². The summed E-state index contributed by atoms with van der Waals surface area (Å²) in [5.41, 5.74) is 1.35. The first-order chi connectivity index (χ1) is 10.8. The molecule has 2 aromatic rings. The van der Waals surface area contributed by atoms with Gasteiger partial charge in [-0.3, -0.25) is 10.3 Å². The lowest BCUT2D eigenvalue weighted by molar-refractivity contribution is -0.205. The molecule has 124 valence electrons. The van der Waals surface area contributed by atoms with Crippen LogP contribution in [0.5, 0.6) is 0 Å². The maximum absolute atomic E-state index is 12.3. The highest BCUT2D eigenvalue weighted by Gasteiger charge is 2.39. The van der Waals surface area contributed by atoms with Gasteiger partial charge in [-0.25, -0.2) is 9.78 Å². The van der Waals surface area contributed by atoms with Crippen LogP contribution >= 0.6 is 11.3 Å². The van der Waals surface area contributed by atoms with E-state index in [-0.39, 0.29) is 5.13 Å². The van der Waals surface area contributed by atoms with Crippen molar-refractivity contribution in [1.82, 2.24) is 14.9 Å². The molecule has 0 bridgehead atoms. The SMILES string of the molecule is CN(CC(O)C(F)(F)F)C(=O)Nc1nc(-c2cccnc2)cs1. The summed E-state index contributed by atoms with van der Waals surface area (Å²) >= 11 is 1.13. The van der Waals surface area contributed by atoms with Crippen LogP contribution in [-0.2, 0) is 0 Å². The van der Waals surface area contributed by atoms with Crippen molar-refractivity contribution in [2.24, 2.45) is 0 Å². The molecule has 10 heteroatoms. The molecule has 6 nitrogen and oxygen atoms in total. The van der Waals surface area contributed by atoms with Gasteiger partial charge in [0.05, 0.1) is 12.2 Å². The van der Waals surface area contributed by atoms with Crippen LogP contribution in [0.25, 0.3) is 11.3 Å². The molecule has 2 aromatic heterocycles. The fraction of sp³-hybridized carbons (Fsp3) is 0.308. The second-order valence-electron chi connectivity index (χ2n) is 4.65. The molecule has 23 heavy (non-hydrogen) atoms. The minimum Gasteiger partial charge on any atom is -0.382 e. The molecule has 0 fully saturated rings. The van der Waals surface area contributed by atoms with Crippen LogP contribution in [0.3, 0.4) is 0 Å². The first kappa shape index (κ1) is 17.2. The molecule has 2 rings (SSSR count). The normalized spacial score (nSPS) is 12.7. The number of nitrogens with one attached hydrogen (secondary N) is 1. The van der Waals surface area contributed by atoms with Crippen LogP contribution in [0.4, 0.5) is 23.1 Å². The zero-order chi connectivity index (χ0) is 17.0. The third-order valence-corrected chi connectivity index (χ3v) is 3.60. The van der Waals surface area contributed by atoms with E-state index in [1.165, 1.54) is 0 Å². The summed E-state index contributed by atoms with van der Waals surface area (Å²) in [5, 5.41) is 13.3. The smallest absolute Gasteiger partial charge is 0.382 e. The lowest BCUT2D eigenvalue weighted by Crippen LogP contribution is -2.43. The number of amides is 2. The van der Waals surface area contributed by atoms with E-state index in [0.717, 1.165) is 28.8 Å². The number of halogens is 3. The lowest BCUT2D eigenvalue weighted by Gasteiger charge is -2.22. The van der Waals surface area contributed by atoms with E-state index >= 15 is 0 Å². The monoisotopic (exact) mass is 346 g/mol. The van der Waals surface area contributed by atoms with Crippen LogP contribution in [0.15, 0.2) is 29.9 Å². The molecule has 2 N–H and O–H groups in total. The van der Waals surface area contributed by atoms with Crippen molar-refractivity contribution in [2.75, 3.05) is 18.9 Å². The standard InChI is InChI=1S/C13H13F3N4O2S/c1-20(6-10(21)13(14,15)16)12(22)19-11-18-9(7-23-11)8-3-2-4-17-5-8/h2-5,7,10,21H,6H2,1H3,(H,18,19,22). The lowest BCUT2D eigenvalue weighted by atomic mass is 10.2. The molecular weight excluding hydrogens is 333 g/mol. The summed E-state index contributed by atoms with van der Waals surface area (Å²) in [6, 6.07) is 2.74. The predicted molar refractivity (Wildman–Crippen MR) is 79.1 cm³/mol. The van der Waals surface area contributed by atoms with Crippen molar-refractivity contribution < 1.29 is 23.1 Å². The average Bonchev–Trinajstić information content (AvgIpc) is 2.95. The first-order valence-corrected chi connectivity index (χ1v) is 7.28. The van der Waals surface area contributed by atoms with E-state index < -0.39 is 24.9 Å². The summed E-state index contributed by atoms with van der Waals surface area (Å²) in [4.78, 5) is 20.7. The molecule has 0 aliphatic carbocycles. The Balaban J connectivity index is 1.97.